The van der Waals surface area contributed by atoms with Crippen molar-refractivity contribution in [3.05, 3.63) is 35.5 Å². The number of guanidine groups is 1. The third kappa shape index (κ3) is 5.61. The minimum absolute atomic E-state index is 0.0194. The number of ether oxygens (including phenoxy) is 1. The number of nitrogens with zero attached hydrogens (tertiary/aromatic N) is 5. The van der Waals surface area contributed by atoms with Crippen molar-refractivity contribution in [2.75, 3.05) is 19.7 Å². The van der Waals surface area contributed by atoms with Gasteiger partial charge < -0.3 is 15.4 Å². The number of pyridine rings is 1. The fourth-order valence-electron chi connectivity index (χ4n) is 3.16. The topological polar surface area (TPSA) is 89.2 Å². The standard InChI is InChI=1S/C19H26F3N7O/c1-3-15-27-16-8-7-13(12-29(16)28-15)26-18(23-4-2)25-10-11-30-17-14(19(20,21)22)6-5-9-24-17/h5-6,9,13H,3-4,7-8,10-12H2,1-2H3,(H2,23,25,26). The largest absolute Gasteiger partial charge is 0.475 e. The van der Waals surface area contributed by atoms with Crippen LogP contribution in [0, 0.1) is 0 Å². The molecular weight excluding hydrogens is 399 g/mol. The Morgan fingerprint density at radius 2 is 2.20 bits per heavy atom. The second kappa shape index (κ2) is 9.77. The van der Waals surface area contributed by atoms with Crippen molar-refractivity contribution >= 4 is 5.96 Å². The first kappa shape index (κ1) is 21.8. The van der Waals surface area contributed by atoms with E-state index in [9.17, 15) is 13.2 Å². The maximum Gasteiger partial charge on any atom is 0.421 e. The molecule has 2 aromatic rings. The summed E-state index contributed by atoms with van der Waals surface area (Å²) in [6.45, 7) is 5.48. The van der Waals surface area contributed by atoms with Gasteiger partial charge in [0.1, 0.15) is 18.0 Å². The van der Waals surface area contributed by atoms with Crippen LogP contribution >= 0.6 is 0 Å². The van der Waals surface area contributed by atoms with Gasteiger partial charge in [-0.1, -0.05) is 6.92 Å². The predicted octanol–water partition coefficient (Wildman–Crippen LogP) is 2.20. The molecule has 8 nitrogen and oxygen atoms in total. The molecule has 0 aliphatic carbocycles. The fraction of sp³-hybridized carbons (Fsp3) is 0.579. The van der Waals surface area contributed by atoms with Crippen molar-refractivity contribution in [2.24, 2.45) is 4.99 Å². The smallest absolute Gasteiger partial charge is 0.421 e. The van der Waals surface area contributed by atoms with E-state index in [0.717, 1.165) is 37.0 Å². The summed E-state index contributed by atoms with van der Waals surface area (Å²) in [5, 5.41) is 11.0. The summed E-state index contributed by atoms with van der Waals surface area (Å²) >= 11 is 0. The van der Waals surface area contributed by atoms with Gasteiger partial charge in [-0.25, -0.2) is 19.6 Å². The SMILES string of the molecule is CCNC(=NCCOc1ncccc1C(F)(F)F)NC1CCc2nc(CC)nn2C1. The number of alkyl halides is 3. The second-order valence-electron chi connectivity index (χ2n) is 6.82. The van der Waals surface area contributed by atoms with Crippen molar-refractivity contribution in [3.8, 4) is 5.88 Å². The molecule has 30 heavy (non-hydrogen) atoms. The van der Waals surface area contributed by atoms with Gasteiger partial charge >= 0.3 is 6.18 Å². The Morgan fingerprint density at radius 3 is 2.93 bits per heavy atom. The molecule has 0 fully saturated rings. The van der Waals surface area contributed by atoms with E-state index in [-0.39, 0.29) is 19.2 Å². The van der Waals surface area contributed by atoms with E-state index in [1.54, 1.807) is 0 Å². The molecule has 1 atom stereocenters. The van der Waals surface area contributed by atoms with Crippen LogP contribution in [0.1, 0.15) is 37.5 Å². The van der Waals surface area contributed by atoms with Crippen LogP contribution in [-0.4, -0.2) is 51.4 Å². The van der Waals surface area contributed by atoms with Crippen molar-refractivity contribution in [2.45, 2.75) is 51.9 Å². The molecule has 0 saturated heterocycles. The van der Waals surface area contributed by atoms with Gasteiger partial charge in [-0.3, -0.25) is 0 Å². The third-order valence-electron chi connectivity index (χ3n) is 4.58. The zero-order chi connectivity index (χ0) is 21.6. The molecule has 1 aliphatic heterocycles. The molecule has 3 rings (SSSR count). The monoisotopic (exact) mass is 425 g/mol. The molecule has 0 amide bonds. The molecule has 2 aromatic heterocycles. The number of rotatable bonds is 7. The molecule has 0 radical (unpaired) electrons. The van der Waals surface area contributed by atoms with E-state index in [1.807, 2.05) is 18.5 Å². The summed E-state index contributed by atoms with van der Waals surface area (Å²) in [5.74, 6) is 1.99. The van der Waals surface area contributed by atoms with Gasteiger partial charge in [-0.2, -0.15) is 18.3 Å². The van der Waals surface area contributed by atoms with Crippen LogP contribution in [0.3, 0.4) is 0 Å². The van der Waals surface area contributed by atoms with Crippen molar-refractivity contribution in [3.63, 3.8) is 0 Å². The summed E-state index contributed by atoms with van der Waals surface area (Å²) in [7, 11) is 0. The zero-order valence-electron chi connectivity index (χ0n) is 17.0. The van der Waals surface area contributed by atoms with Gasteiger partial charge in [-0.15, -0.1) is 0 Å². The van der Waals surface area contributed by atoms with E-state index in [0.29, 0.717) is 19.0 Å². The molecule has 164 valence electrons. The molecule has 1 unspecified atom stereocenters. The van der Waals surface area contributed by atoms with Crippen LogP contribution < -0.4 is 15.4 Å². The maximum atomic E-state index is 13.0. The molecule has 3 heterocycles. The highest BCUT2D eigenvalue weighted by Crippen LogP contribution is 2.34. The number of fused-ring (bicyclic) bond motifs is 1. The Morgan fingerprint density at radius 1 is 1.37 bits per heavy atom. The molecule has 11 heteroatoms. The Hall–Kier alpha value is -2.85. The van der Waals surface area contributed by atoms with Crippen molar-refractivity contribution < 1.29 is 17.9 Å². The molecule has 1 aliphatic rings. The third-order valence-corrected chi connectivity index (χ3v) is 4.58. The number of hydrogen-bond acceptors (Lipinski definition) is 5. The molecule has 2 N–H and O–H groups in total. The first-order valence-electron chi connectivity index (χ1n) is 10.0. The number of aliphatic imine (C=N–C) groups is 1. The first-order chi connectivity index (χ1) is 14.4. The summed E-state index contributed by atoms with van der Waals surface area (Å²) in [5.41, 5.74) is -0.892. The quantitative estimate of drug-likeness (QED) is 0.402. The van der Waals surface area contributed by atoms with Crippen LogP contribution in [0.4, 0.5) is 13.2 Å². The minimum Gasteiger partial charge on any atom is -0.475 e. The Labute approximate surface area is 173 Å². The Bertz CT molecular complexity index is 866. The normalized spacial score (nSPS) is 16.8. The van der Waals surface area contributed by atoms with Gasteiger partial charge in [0.05, 0.1) is 13.1 Å². The lowest BCUT2D eigenvalue weighted by Crippen LogP contribution is -2.47. The lowest BCUT2D eigenvalue weighted by atomic mass is 10.1. The molecular formula is C19H26F3N7O. The minimum atomic E-state index is -4.51. The summed E-state index contributed by atoms with van der Waals surface area (Å²) in [6.07, 6.45) is -0.722. The van der Waals surface area contributed by atoms with Crippen LogP contribution in [0.25, 0.3) is 0 Å². The predicted molar refractivity (Wildman–Crippen MR) is 105 cm³/mol. The fourth-order valence-corrected chi connectivity index (χ4v) is 3.16. The van der Waals surface area contributed by atoms with Gasteiger partial charge in [0, 0.05) is 31.6 Å². The first-order valence-corrected chi connectivity index (χ1v) is 10.0. The van der Waals surface area contributed by atoms with Crippen molar-refractivity contribution in [1.29, 1.82) is 0 Å². The van der Waals surface area contributed by atoms with Crippen LogP contribution in [0.15, 0.2) is 23.3 Å². The van der Waals surface area contributed by atoms with Gasteiger partial charge in [0.15, 0.2) is 11.8 Å². The summed E-state index contributed by atoms with van der Waals surface area (Å²) in [4.78, 5) is 12.6. The van der Waals surface area contributed by atoms with E-state index in [2.05, 4.69) is 30.7 Å². The highest BCUT2D eigenvalue weighted by molar-refractivity contribution is 5.80. The summed E-state index contributed by atoms with van der Waals surface area (Å²) < 4.78 is 46.1. The number of aromatic nitrogens is 4. The van der Waals surface area contributed by atoms with Gasteiger partial charge in [0.25, 0.3) is 0 Å². The summed E-state index contributed by atoms with van der Waals surface area (Å²) in [6, 6.07) is 2.31. The van der Waals surface area contributed by atoms with E-state index >= 15 is 0 Å². The highest BCUT2D eigenvalue weighted by atomic mass is 19.4. The highest BCUT2D eigenvalue weighted by Gasteiger charge is 2.35. The average molecular weight is 425 g/mol. The molecule has 0 saturated carbocycles. The lowest BCUT2D eigenvalue weighted by molar-refractivity contribution is -0.139. The second-order valence-corrected chi connectivity index (χ2v) is 6.82. The number of hydrogen-bond donors (Lipinski definition) is 2. The van der Waals surface area contributed by atoms with Gasteiger partial charge in [0.2, 0.25) is 5.88 Å². The van der Waals surface area contributed by atoms with Gasteiger partial charge in [-0.05, 0) is 25.5 Å². The van der Waals surface area contributed by atoms with Crippen LogP contribution in [-0.2, 0) is 25.6 Å². The molecule has 0 bridgehead atoms. The Kier molecular flexibility index (Phi) is 7.11. The number of aryl methyl sites for hydroxylation is 2. The number of nitrogens with one attached hydrogen (secondary N) is 2. The number of halogens is 3. The Balaban J connectivity index is 1.55. The average Bonchev–Trinajstić information content (AvgIpc) is 3.13. The zero-order valence-corrected chi connectivity index (χ0v) is 17.0. The van der Waals surface area contributed by atoms with E-state index < -0.39 is 17.6 Å². The van der Waals surface area contributed by atoms with E-state index in [4.69, 9.17) is 4.74 Å². The van der Waals surface area contributed by atoms with Crippen LogP contribution in [0.2, 0.25) is 0 Å². The van der Waals surface area contributed by atoms with E-state index in [1.165, 1.54) is 12.3 Å². The molecule has 0 aromatic carbocycles. The van der Waals surface area contributed by atoms with Crippen LogP contribution in [0.5, 0.6) is 5.88 Å². The maximum absolute atomic E-state index is 13.0. The lowest BCUT2D eigenvalue weighted by Gasteiger charge is -2.25. The molecule has 0 spiro atoms. The van der Waals surface area contributed by atoms with Crippen molar-refractivity contribution in [1.82, 2.24) is 30.4 Å².